The molecule has 1 heterocycles. The van der Waals surface area contributed by atoms with E-state index in [1.165, 1.54) is 0 Å². The molecule has 0 unspecified atom stereocenters. The van der Waals surface area contributed by atoms with Crippen LogP contribution in [0.25, 0.3) is 10.8 Å². The molecule has 0 aliphatic heterocycles. The monoisotopic (exact) mass is 486 g/mol. The highest BCUT2D eigenvalue weighted by molar-refractivity contribution is 5.99. The van der Waals surface area contributed by atoms with Crippen molar-refractivity contribution in [3.05, 3.63) is 71.8 Å². The van der Waals surface area contributed by atoms with E-state index < -0.39 is 0 Å². The summed E-state index contributed by atoms with van der Waals surface area (Å²) in [5.41, 5.74) is 7.43. The van der Waals surface area contributed by atoms with Gasteiger partial charge < -0.3 is 18.9 Å². The molecule has 184 valence electrons. The second-order valence-electron chi connectivity index (χ2n) is 7.35. The zero-order valence-electron chi connectivity index (χ0n) is 20.4. The number of methoxy groups -OCH3 is 4. The van der Waals surface area contributed by atoms with E-state index in [-0.39, 0.29) is 0 Å². The smallest absolute Gasteiger partial charge is 0.176 e. The van der Waals surface area contributed by atoms with Crippen LogP contribution in [0.2, 0.25) is 0 Å². The van der Waals surface area contributed by atoms with Gasteiger partial charge in [0, 0.05) is 21.9 Å². The van der Waals surface area contributed by atoms with Crippen LogP contribution in [-0.2, 0) is 0 Å². The number of rotatable bonds is 10. The second kappa shape index (κ2) is 11.5. The fraction of sp³-hybridized carbons (Fsp3) is 0.154. The number of nitrogens with one attached hydrogen (secondary N) is 2. The first-order chi connectivity index (χ1) is 17.7. The second-order valence-corrected chi connectivity index (χ2v) is 7.35. The number of hydrazone groups is 2. The molecule has 0 amide bonds. The molecule has 0 radical (unpaired) electrons. The normalized spacial score (nSPS) is 11.1. The van der Waals surface area contributed by atoms with Crippen LogP contribution in [0.1, 0.15) is 11.1 Å². The minimum absolute atomic E-state index is 0.493. The van der Waals surface area contributed by atoms with Gasteiger partial charge in [0.05, 0.1) is 40.9 Å². The van der Waals surface area contributed by atoms with E-state index in [0.717, 1.165) is 21.9 Å². The third-order valence-electron chi connectivity index (χ3n) is 5.30. The van der Waals surface area contributed by atoms with Crippen molar-refractivity contribution in [2.24, 2.45) is 10.2 Å². The summed E-state index contributed by atoms with van der Waals surface area (Å²) in [7, 11) is 6.34. The molecule has 0 atom stereocenters. The molecular weight excluding hydrogens is 460 g/mol. The van der Waals surface area contributed by atoms with Crippen LogP contribution in [0.5, 0.6) is 23.0 Å². The quantitative estimate of drug-likeness (QED) is 0.248. The average molecular weight is 487 g/mol. The molecule has 10 heteroatoms. The van der Waals surface area contributed by atoms with Crippen molar-refractivity contribution in [3.8, 4) is 23.0 Å². The van der Waals surface area contributed by atoms with Crippen molar-refractivity contribution in [1.29, 1.82) is 0 Å². The van der Waals surface area contributed by atoms with Crippen LogP contribution in [0, 0.1) is 0 Å². The lowest BCUT2D eigenvalue weighted by atomic mass is 10.2. The van der Waals surface area contributed by atoms with E-state index in [1.807, 2.05) is 60.7 Å². The maximum atomic E-state index is 5.44. The molecule has 4 rings (SSSR count). The fourth-order valence-electron chi connectivity index (χ4n) is 3.62. The number of aromatic nitrogens is 2. The largest absolute Gasteiger partial charge is 0.493 e. The van der Waals surface area contributed by atoms with Gasteiger partial charge in [-0.1, -0.05) is 36.4 Å². The maximum absolute atomic E-state index is 5.44. The number of hydrogen-bond acceptors (Lipinski definition) is 10. The molecular formula is C26H26N6O4. The summed E-state index contributed by atoms with van der Waals surface area (Å²) in [6.45, 7) is 0. The number of ether oxygens (including phenoxy) is 4. The number of para-hydroxylation sites is 2. The summed E-state index contributed by atoms with van der Waals surface area (Å²) >= 11 is 0. The van der Waals surface area contributed by atoms with E-state index in [1.54, 1.807) is 40.9 Å². The number of benzene rings is 3. The van der Waals surface area contributed by atoms with Gasteiger partial charge in [0.1, 0.15) is 0 Å². The van der Waals surface area contributed by atoms with Crippen molar-refractivity contribution >= 4 is 34.8 Å². The first-order valence-corrected chi connectivity index (χ1v) is 11.0. The van der Waals surface area contributed by atoms with Gasteiger partial charge in [0.2, 0.25) is 0 Å². The molecule has 0 aliphatic rings. The summed E-state index contributed by atoms with van der Waals surface area (Å²) in [6, 6.07) is 18.8. The molecule has 2 N–H and O–H groups in total. The van der Waals surface area contributed by atoms with E-state index in [2.05, 4.69) is 31.3 Å². The summed E-state index contributed by atoms with van der Waals surface area (Å²) in [5, 5.41) is 18.9. The highest BCUT2D eigenvalue weighted by atomic mass is 16.5. The minimum atomic E-state index is 0.493. The number of hydrogen-bond donors (Lipinski definition) is 2. The van der Waals surface area contributed by atoms with Crippen molar-refractivity contribution in [3.63, 3.8) is 0 Å². The Labute approximate surface area is 208 Å². The van der Waals surface area contributed by atoms with E-state index in [4.69, 9.17) is 18.9 Å². The van der Waals surface area contributed by atoms with Crippen LogP contribution in [0.3, 0.4) is 0 Å². The molecule has 0 saturated carbocycles. The summed E-state index contributed by atoms with van der Waals surface area (Å²) in [4.78, 5) is 0. The van der Waals surface area contributed by atoms with Crippen molar-refractivity contribution in [1.82, 2.24) is 10.2 Å². The van der Waals surface area contributed by atoms with Crippen LogP contribution >= 0.6 is 0 Å². The molecule has 3 aromatic carbocycles. The fourth-order valence-corrected chi connectivity index (χ4v) is 3.62. The Kier molecular flexibility index (Phi) is 7.76. The summed E-state index contributed by atoms with van der Waals surface area (Å²) in [5.74, 6) is 3.40. The Hall–Kier alpha value is -4.86. The average Bonchev–Trinajstić information content (AvgIpc) is 2.93. The van der Waals surface area contributed by atoms with E-state index in [0.29, 0.717) is 34.6 Å². The zero-order chi connectivity index (χ0) is 25.3. The van der Waals surface area contributed by atoms with Gasteiger partial charge in [-0.15, -0.1) is 10.2 Å². The third-order valence-corrected chi connectivity index (χ3v) is 5.30. The van der Waals surface area contributed by atoms with Crippen LogP contribution in [0.4, 0.5) is 11.6 Å². The lowest BCUT2D eigenvalue weighted by Gasteiger charge is -2.10. The van der Waals surface area contributed by atoms with E-state index >= 15 is 0 Å². The van der Waals surface area contributed by atoms with Crippen LogP contribution in [0.15, 0.2) is 70.9 Å². The van der Waals surface area contributed by atoms with Gasteiger partial charge >= 0.3 is 0 Å². The third kappa shape index (κ3) is 5.12. The Bertz CT molecular complexity index is 1300. The van der Waals surface area contributed by atoms with Gasteiger partial charge in [-0.25, -0.2) is 0 Å². The molecule has 0 saturated heterocycles. The molecule has 10 nitrogen and oxygen atoms in total. The zero-order valence-corrected chi connectivity index (χ0v) is 20.4. The SMILES string of the molecule is COc1cccc(/C=N\Nc2nnc(N/N=C/c3cccc(OC)c3OC)c3ccccc23)c1OC. The van der Waals surface area contributed by atoms with Crippen molar-refractivity contribution in [2.45, 2.75) is 0 Å². The van der Waals surface area contributed by atoms with E-state index in [9.17, 15) is 0 Å². The van der Waals surface area contributed by atoms with Gasteiger partial charge in [0.15, 0.2) is 34.6 Å². The number of fused-ring (bicyclic) bond motifs is 1. The first-order valence-electron chi connectivity index (χ1n) is 11.0. The topological polar surface area (TPSA) is 111 Å². The number of nitrogens with zero attached hydrogens (tertiary/aromatic N) is 4. The van der Waals surface area contributed by atoms with Crippen molar-refractivity contribution in [2.75, 3.05) is 39.3 Å². The van der Waals surface area contributed by atoms with Crippen molar-refractivity contribution < 1.29 is 18.9 Å². The van der Waals surface area contributed by atoms with Gasteiger partial charge in [-0.3, -0.25) is 10.9 Å². The molecule has 0 spiro atoms. The Balaban J connectivity index is 1.56. The number of anilines is 2. The lowest BCUT2D eigenvalue weighted by molar-refractivity contribution is 0.354. The molecule has 0 aliphatic carbocycles. The molecule has 0 bridgehead atoms. The summed E-state index contributed by atoms with van der Waals surface area (Å²) < 4.78 is 21.6. The van der Waals surface area contributed by atoms with Crippen LogP contribution < -0.4 is 29.8 Å². The van der Waals surface area contributed by atoms with Gasteiger partial charge in [0.25, 0.3) is 0 Å². The summed E-state index contributed by atoms with van der Waals surface area (Å²) in [6.07, 6.45) is 3.27. The Morgan fingerprint density at radius 3 is 1.42 bits per heavy atom. The highest BCUT2D eigenvalue weighted by Gasteiger charge is 2.11. The Morgan fingerprint density at radius 2 is 1.03 bits per heavy atom. The van der Waals surface area contributed by atoms with Crippen LogP contribution in [-0.4, -0.2) is 51.1 Å². The minimum Gasteiger partial charge on any atom is -0.493 e. The highest BCUT2D eigenvalue weighted by Crippen LogP contribution is 2.31. The molecule has 0 fully saturated rings. The molecule has 4 aromatic rings. The van der Waals surface area contributed by atoms with Gasteiger partial charge in [-0.05, 0) is 24.3 Å². The lowest BCUT2D eigenvalue weighted by Crippen LogP contribution is -2.02. The Morgan fingerprint density at radius 1 is 0.583 bits per heavy atom. The maximum Gasteiger partial charge on any atom is 0.176 e. The van der Waals surface area contributed by atoms with Gasteiger partial charge in [-0.2, -0.15) is 10.2 Å². The predicted octanol–water partition coefficient (Wildman–Crippen LogP) is 4.56. The molecule has 36 heavy (non-hydrogen) atoms. The standard InChI is InChI=1S/C26H26N6O4/c1-33-21-13-7-9-17(23(21)35-3)15-27-29-25-19-11-5-6-12-20(19)26(32-31-25)30-28-16-18-10-8-14-22(34-2)24(18)36-4/h5-16H,1-4H3,(H,29,31)(H,30,32)/b27-15-,28-16+. The molecule has 1 aromatic heterocycles. The first kappa shape index (κ1) is 24.3. The predicted molar refractivity (Wildman–Crippen MR) is 141 cm³/mol.